The van der Waals surface area contributed by atoms with Crippen LogP contribution >= 0.6 is 0 Å². The molecule has 6 nitrogen and oxygen atoms in total. The third kappa shape index (κ3) is 2.60. The number of fused-ring (bicyclic) bond motifs is 1. The predicted octanol–water partition coefficient (Wildman–Crippen LogP) is 2.10. The first-order valence-corrected chi connectivity index (χ1v) is 8.18. The molecule has 2 aromatic heterocycles. The van der Waals surface area contributed by atoms with E-state index < -0.39 is 0 Å². The summed E-state index contributed by atoms with van der Waals surface area (Å²) in [6, 6.07) is 6.36. The summed E-state index contributed by atoms with van der Waals surface area (Å²) in [7, 11) is 0. The van der Waals surface area contributed by atoms with Gasteiger partial charge in [-0.1, -0.05) is 13.0 Å². The highest BCUT2D eigenvalue weighted by molar-refractivity contribution is 5.87. The van der Waals surface area contributed by atoms with Crippen LogP contribution in [-0.2, 0) is 0 Å². The number of hydrogen-bond donors (Lipinski definition) is 0. The zero-order valence-corrected chi connectivity index (χ0v) is 13.6. The van der Waals surface area contributed by atoms with E-state index in [-0.39, 0.29) is 5.82 Å². The zero-order chi connectivity index (χ0) is 16.5. The molecule has 1 aliphatic heterocycles. The Morgan fingerprint density at radius 3 is 2.71 bits per heavy atom. The number of piperazine rings is 1. The smallest absolute Gasteiger partial charge is 0.168 e. The largest absolute Gasteiger partial charge is 0.353 e. The molecule has 0 radical (unpaired) electrons. The van der Waals surface area contributed by atoms with Crippen molar-refractivity contribution in [2.24, 2.45) is 0 Å². The van der Waals surface area contributed by atoms with E-state index >= 15 is 0 Å². The van der Waals surface area contributed by atoms with Crippen molar-refractivity contribution < 1.29 is 4.39 Å². The monoisotopic (exact) mass is 326 g/mol. The number of hydrogen-bond acceptors (Lipinski definition) is 5. The third-order valence-electron chi connectivity index (χ3n) is 4.52. The van der Waals surface area contributed by atoms with Crippen LogP contribution in [0.25, 0.3) is 16.7 Å². The number of aromatic nitrogens is 4. The average molecular weight is 326 g/mol. The highest BCUT2D eigenvalue weighted by Gasteiger charge is 2.20. The lowest BCUT2D eigenvalue weighted by Crippen LogP contribution is -2.46. The summed E-state index contributed by atoms with van der Waals surface area (Å²) in [4.78, 5) is 13.5. The maximum absolute atomic E-state index is 13.5. The molecule has 3 heterocycles. The summed E-state index contributed by atoms with van der Waals surface area (Å²) in [6.07, 6.45) is 3.32. The van der Waals surface area contributed by atoms with Crippen LogP contribution < -0.4 is 4.90 Å². The van der Waals surface area contributed by atoms with Crippen molar-refractivity contribution >= 4 is 16.9 Å². The Kier molecular flexibility index (Phi) is 3.86. The molecule has 0 unspecified atom stereocenters. The summed E-state index contributed by atoms with van der Waals surface area (Å²) >= 11 is 0. The average Bonchev–Trinajstić information content (AvgIpc) is 3.06. The van der Waals surface area contributed by atoms with E-state index in [1.54, 1.807) is 23.3 Å². The molecule has 0 spiro atoms. The molecular weight excluding hydrogens is 307 g/mol. The lowest BCUT2D eigenvalue weighted by atomic mass is 10.2. The number of halogens is 1. The molecule has 1 aromatic carbocycles. The van der Waals surface area contributed by atoms with E-state index in [1.807, 2.05) is 6.07 Å². The minimum absolute atomic E-state index is 0.291. The van der Waals surface area contributed by atoms with Crippen molar-refractivity contribution in [1.29, 1.82) is 0 Å². The first-order chi connectivity index (χ1) is 11.8. The van der Waals surface area contributed by atoms with Gasteiger partial charge in [0.25, 0.3) is 0 Å². The van der Waals surface area contributed by atoms with Crippen molar-refractivity contribution in [2.45, 2.75) is 6.92 Å². The second-order valence-electron chi connectivity index (χ2n) is 5.89. The SMILES string of the molecule is CCN1CCN(c2ncnc3c2cnn3-c2cccc(F)c2)CC1. The Bertz CT molecular complexity index is 853. The van der Waals surface area contributed by atoms with Gasteiger partial charge in [0, 0.05) is 26.2 Å². The van der Waals surface area contributed by atoms with Crippen molar-refractivity contribution in [3.63, 3.8) is 0 Å². The molecule has 0 N–H and O–H groups in total. The molecule has 1 saturated heterocycles. The Morgan fingerprint density at radius 2 is 1.96 bits per heavy atom. The standard InChI is InChI=1S/C17H19FN6/c1-2-22-6-8-23(9-7-22)16-15-11-21-24(17(15)20-12-19-16)14-5-3-4-13(18)10-14/h3-5,10-12H,2,6-9H2,1H3. The van der Waals surface area contributed by atoms with Gasteiger partial charge < -0.3 is 9.80 Å². The Labute approximate surface area is 139 Å². The quantitative estimate of drug-likeness (QED) is 0.738. The molecule has 7 heteroatoms. The molecule has 0 atom stereocenters. The first-order valence-electron chi connectivity index (χ1n) is 8.18. The second kappa shape index (κ2) is 6.16. The number of likely N-dealkylation sites (N-methyl/N-ethyl adjacent to an activating group) is 1. The summed E-state index contributed by atoms with van der Waals surface area (Å²) in [6.45, 7) is 7.18. The predicted molar refractivity (Wildman–Crippen MR) is 90.9 cm³/mol. The normalized spacial score (nSPS) is 16.0. The lowest BCUT2D eigenvalue weighted by Gasteiger charge is -2.34. The second-order valence-corrected chi connectivity index (χ2v) is 5.89. The number of benzene rings is 1. The fourth-order valence-electron chi connectivity index (χ4n) is 3.16. The molecule has 1 fully saturated rings. The minimum Gasteiger partial charge on any atom is -0.353 e. The van der Waals surface area contributed by atoms with Gasteiger partial charge in [0.05, 0.1) is 17.3 Å². The van der Waals surface area contributed by atoms with Gasteiger partial charge >= 0.3 is 0 Å². The Balaban J connectivity index is 1.72. The number of anilines is 1. The molecule has 0 saturated carbocycles. The highest BCUT2D eigenvalue weighted by atomic mass is 19.1. The van der Waals surface area contributed by atoms with Gasteiger partial charge in [-0.3, -0.25) is 0 Å². The molecule has 1 aliphatic rings. The Morgan fingerprint density at radius 1 is 1.12 bits per heavy atom. The van der Waals surface area contributed by atoms with Gasteiger partial charge in [-0.05, 0) is 24.7 Å². The zero-order valence-electron chi connectivity index (χ0n) is 13.6. The summed E-state index contributed by atoms with van der Waals surface area (Å²) in [5.41, 5.74) is 1.36. The summed E-state index contributed by atoms with van der Waals surface area (Å²) < 4.78 is 15.2. The fraction of sp³-hybridized carbons (Fsp3) is 0.353. The van der Waals surface area contributed by atoms with E-state index in [4.69, 9.17) is 0 Å². The molecule has 0 aliphatic carbocycles. The van der Waals surface area contributed by atoms with Crippen molar-refractivity contribution in [3.05, 3.63) is 42.6 Å². The molecule has 124 valence electrons. The van der Waals surface area contributed by atoms with Crippen LogP contribution in [0.5, 0.6) is 0 Å². The van der Waals surface area contributed by atoms with Gasteiger partial charge in [0.1, 0.15) is 18.0 Å². The fourth-order valence-corrected chi connectivity index (χ4v) is 3.16. The van der Waals surface area contributed by atoms with E-state index in [2.05, 4.69) is 31.8 Å². The van der Waals surface area contributed by atoms with E-state index in [0.29, 0.717) is 11.3 Å². The molecule has 4 rings (SSSR count). The Hall–Kier alpha value is -2.54. The topological polar surface area (TPSA) is 50.1 Å². The van der Waals surface area contributed by atoms with Gasteiger partial charge in [0.2, 0.25) is 0 Å². The number of nitrogens with zero attached hydrogens (tertiary/aromatic N) is 6. The molecular formula is C17H19FN6. The lowest BCUT2D eigenvalue weighted by molar-refractivity contribution is 0.271. The summed E-state index contributed by atoms with van der Waals surface area (Å²) in [5, 5.41) is 5.30. The van der Waals surface area contributed by atoms with Crippen LogP contribution in [0.3, 0.4) is 0 Å². The maximum Gasteiger partial charge on any atom is 0.168 e. The van der Waals surface area contributed by atoms with Crippen molar-refractivity contribution in [3.8, 4) is 5.69 Å². The van der Waals surface area contributed by atoms with Crippen LogP contribution in [0.1, 0.15) is 6.92 Å². The van der Waals surface area contributed by atoms with Gasteiger partial charge in [-0.2, -0.15) is 5.10 Å². The number of rotatable bonds is 3. The summed E-state index contributed by atoms with van der Waals surface area (Å²) in [5.74, 6) is 0.611. The van der Waals surface area contributed by atoms with Crippen LogP contribution in [0.15, 0.2) is 36.8 Å². The van der Waals surface area contributed by atoms with Gasteiger partial charge in [-0.15, -0.1) is 0 Å². The molecule has 0 amide bonds. The van der Waals surface area contributed by atoms with Crippen LogP contribution in [-0.4, -0.2) is 57.4 Å². The van der Waals surface area contributed by atoms with Gasteiger partial charge in [-0.25, -0.2) is 19.0 Å². The molecule has 3 aromatic rings. The van der Waals surface area contributed by atoms with E-state index in [0.717, 1.165) is 43.9 Å². The van der Waals surface area contributed by atoms with Crippen LogP contribution in [0.2, 0.25) is 0 Å². The maximum atomic E-state index is 13.5. The first kappa shape index (κ1) is 15.0. The van der Waals surface area contributed by atoms with Crippen molar-refractivity contribution in [2.75, 3.05) is 37.6 Å². The van der Waals surface area contributed by atoms with Crippen molar-refractivity contribution in [1.82, 2.24) is 24.6 Å². The van der Waals surface area contributed by atoms with Crippen LogP contribution in [0, 0.1) is 5.82 Å². The highest BCUT2D eigenvalue weighted by Crippen LogP contribution is 2.25. The van der Waals surface area contributed by atoms with Gasteiger partial charge in [0.15, 0.2) is 5.65 Å². The third-order valence-corrected chi connectivity index (χ3v) is 4.52. The van der Waals surface area contributed by atoms with E-state index in [9.17, 15) is 4.39 Å². The molecule has 24 heavy (non-hydrogen) atoms. The van der Waals surface area contributed by atoms with Crippen LogP contribution in [0.4, 0.5) is 10.2 Å². The van der Waals surface area contributed by atoms with E-state index in [1.165, 1.54) is 12.1 Å². The molecule has 0 bridgehead atoms. The minimum atomic E-state index is -0.291.